The smallest absolute Gasteiger partial charge is 0.154 e. The molecule has 22 heavy (non-hydrogen) atoms. The number of halogens is 1. The fourth-order valence-corrected chi connectivity index (χ4v) is 7.65. The summed E-state index contributed by atoms with van der Waals surface area (Å²) in [6, 6.07) is 19.5. The van der Waals surface area contributed by atoms with Crippen molar-refractivity contribution >= 4 is 28.8 Å². The number of benzene rings is 2. The van der Waals surface area contributed by atoms with Gasteiger partial charge >= 0.3 is 0 Å². The van der Waals surface area contributed by atoms with E-state index in [1.54, 1.807) is 0 Å². The molecule has 2 aromatic rings. The molecule has 0 saturated carbocycles. The molecule has 0 fully saturated rings. The number of hydrogen-bond acceptors (Lipinski definition) is 0. The Kier molecular flexibility index (Phi) is 5.52. The molecule has 1 unspecified atom stereocenters. The van der Waals surface area contributed by atoms with Gasteiger partial charge in [0.05, 0.1) is 0 Å². The highest BCUT2D eigenvalue weighted by Crippen LogP contribution is 2.39. The van der Waals surface area contributed by atoms with E-state index < -0.39 is 7.38 Å². The predicted molar refractivity (Wildman–Crippen MR) is 102 cm³/mol. The Morgan fingerprint density at radius 3 is 2.09 bits per heavy atom. The minimum atomic E-state index is -2.33. The van der Waals surface area contributed by atoms with E-state index in [2.05, 4.69) is 82.3 Å². The van der Waals surface area contributed by atoms with Crippen molar-refractivity contribution in [2.24, 2.45) is 0 Å². The van der Waals surface area contributed by atoms with Crippen LogP contribution in [0.15, 0.2) is 54.6 Å². The van der Waals surface area contributed by atoms with Crippen LogP contribution in [0, 0.1) is 0 Å². The molecule has 0 amide bonds. The van der Waals surface area contributed by atoms with Gasteiger partial charge in [-0.3, -0.25) is 0 Å². The molecule has 0 saturated heterocycles. The van der Waals surface area contributed by atoms with E-state index in [9.17, 15) is 0 Å². The molecule has 0 heterocycles. The molecule has 2 heteroatoms. The Morgan fingerprint density at radius 2 is 1.50 bits per heavy atom. The largest absolute Gasteiger partial charge is 0.222 e. The molecule has 118 valence electrons. The second-order valence-electron chi connectivity index (χ2n) is 7.04. The standard InChI is InChI=1S/C20H27ClSi/c1-5-6-12-17-13-10-11-16-19(17)22(21,20(2,3)4)18-14-8-7-9-15-18/h7-11,13-16H,5-6,12H2,1-4H3. The lowest BCUT2D eigenvalue weighted by Gasteiger charge is -2.39. The van der Waals surface area contributed by atoms with Crippen molar-refractivity contribution in [2.45, 2.75) is 52.0 Å². The topological polar surface area (TPSA) is 0 Å². The van der Waals surface area contributed by atoms with Crippen molar-refractivity contribution in [1.29, 1.82) is 0 Å². The van der Waals surface area contributed by atoms with Gasteiger partial charge in [-0.15, -0.1) is 0 Å². The minimum absolute atomic E-state index is 0.0538. The van der Waals surface area contributed by atoms with Gasteiger partial charge in [0.1, 0.15) is 0 Å². The van der Waals surface area contributed by atoms with Crippen LogP contribution < -0.4 is 10.4 Å². The van der Waals surface area contributed by atoms with Gasteiger partial charge in [0.2, 0.25) is 7.38 Å². The third kappa shape index (κ3) is 3.31. The van der Waals surface area contributed by atoms with Crippen LogP contribution in [0.4, 0.5) is 0 Å². The molecule has 0 aliphatic carbocycles. The van der Waals surface area contributed by atoms with Crippen LogP contribution in [0.3, 0.4) is 0 Å². The van der Waals surface area contributed by atoms with Crippen LogP contribution in [0.1, 0.15) is 46.1 Å². The van der Waals surface area contributed by atoms with Crippen molar-refractivity contribution in [3.63, 3.8) is 0 Å². The normalized spacial score (nSPS) is 14.6. The van der Waals surface area contributed by atoms with Crippen molar-refractivity contribution in [3.05, 3.63) is 60.2 Å². The third-order valence-corrected chi connectivity index (χ3v) is 11.8. The molecular formula is C20H27ClSi. The minimum Gasteiger partial charge on any atom is -0.154 e. The third-order valence-electron chi connectivity index (χ3n) is 4.39. The van der Waals surface area contributed by atoms with Gasteiger partial charge in [-0.1, -0.05) is 88.7 Å². The quantitative estimate of drug-likeness (QED) is 0.526. The second-order valence-corrected chi connectivity index (χ2v) is 12.7. The van der Waals surface area contributed by atoms with Crippen molar-refractivity contribution < 1.29 is 0 Å². The molecule has 0 spiro atoms. The van der Waals surface area contributed by atoms with Crippen LogP contribution in [0.25, 0.3) is 0 Å². The molecule has 2 rings (SSSR count). The maximum atomic E-state index is 7.49. The van der Waals surface area contributed by atoms with E-state index in [-0.39, 0.29) is 5.04 Å². The predicted octanol–water partition coefficient (Wildman–Crippen LogP) is 5.13. The van der Waals surface area contributed by atoms with Crippen LogP contribution in [-0.4, -0.2) is 7.38 Å². The van der Waals surface area contributed by atoms with Gasteiger partial charge < -0.3 is 0 Å². The van der Waals surface area contributed by atoms with E-state index in [4.69, 9.17) is 11.1 Å². The Labute approximate surface area is 141 Å². The van der Waals surface area contributed by atoms with Gasteiger partial charge in [0, 0.05) is 0 Å². The van der Waals surface area contributed by atoms with Crippen molar-refractivity contribution in [3.8, 4) is 0 Å². The van der Waals surface area contributed by atoms with Gasteiger partial charge in [-0.05, 0) is 33.8 Å². The van der Waals surface area contributed by atoms with Crippen LogP contribution in [0.2, 0.25) is 5.04 Å². The molecule has 0 nitrogen and oxygen atoms in total. The van der Waals surface area contributed by atoms with E-state index >= 15 is 0 Å². The maximum Gasteiger partial charge on any atom is 0.222 e. The molecule has 0 aliphatic rings. The summed E-state index contributed by atoms with van der Waals surface area (Å²) in [5, 5.41) is 2.76. The van der Waals surface area contributed by atoms with E-state index in [1.807, 2.05) is 0 Å². The van der Waals surface area contributed by atoms with E-state index in [0.717, 1.165) is 6.42 Å². The van der Waals surface area contributed by atoms with Gasteiger partial charge in [-0.25, -0.2) is 0 Å². The van der Waals surface area contributed by atoms with Gasteiger partial charge in [-0.2, -0.15) is 11.1 Å². The number of unbranched alkanes of at least 4 members (excludes halogenated alkanes) is 1. The van der Waals surface area contributed by atoms with Crippen molar-refractivity contribution in [1.82, 2.24) is 0 Å². The lowest BCUT2D eigenvalue weighted by molar-refractivity contribution is 0.742. The highest BCUT2D eigenvalue weighted by Gasteiger charge is 2.47. The summed E-state index contributed by atoms with van der Waals surface area (Å²) in [5.74, 6) is 0. The Hall–Kier alpha value is -1.05. The lowest BCUT2D eigenvalue weighted by atomic mass is 10.1. The molecule has 0 N–H and O–H groups in total. The molecule has 1 atom stereocenters. The summed E-state index contributed by atoms with van der Waals surface area (Å²) in [5.41, 5.74) is 1.43. The summed E-state index contributed by atoms with van der Waals surface area (Å²) < 4.78 is 0. The molecule has 0 aliphatic heterocycles. The SMILES string of the molecule is CCCCc1ccccc1[Si](Cl)(c1ccccc1)C(C)(C)C. The van der Waals surface area contributed by atoms with Crippen LogP contribution in [0.5, 0.6) is 0 Å². The molecule has 2 aromatic carbocycles. The first-order chi connectivity index (χ1) is 10.4. The number of rotatable bonds is 5. The fourth-order valence-electron chi connectivity index (χ4n) is 3.10. The first kappa shape index (κ1) is 17.3. The Morgan fingerprint density at radius 1 is 0.909 bits per heavy atom. The van der Waals surface area contributed by atoms with Crippen molar-refractivity contribution in [2.75, 3.05) is 0 Å². The summed E-state index contributed by atoms with van der Waals surface area (Å²) >= 11 is 7.49. The summed E-state index contributed by atoms with van der Waals surface area (Å²) in [6.45, 7) is 9.11. The maximum absolute atomic E-state index is 7.49. The second kappa shape index (κ2) is 7.02. The zero-order chi connectivity index (χ0) is 16.2. The van der Waals surface area contributed by atoms with E-state index in [1.165, 1.54) is 28.8 Å². The summed E-state index contributed by atoms with van der Waals surface area (Å²) in [4.78, 5) is 0. The first-order valence-corrected chi connectivity index (χ1v) is 11.2. The highest BCUT2D eigenvalue weighted by molar-refractivity contribution is 7.35. The Balaban J connectivity index is 2.62. The monoisotopic (exact) mass is 330 g/mol. The zero-order valence-corrected chi connectivity index (χ0v) is 16.0. The fraction of sp³-hybridized carbons (Fsp3) is 0.400. The Bertz CT molecular complexity index is 601. The molecule has 0 bridgehead atoms. The zero-order valence-electron chi connectivity index (χ0n) is 14.2. The average molecular weight is 331 g/mol. The van der Waals surface area contributed by atoms with Crippen LogP contribution >= 0.6 is 11.1 Å². The molecule has 0 radical (unpaired) electrons. The number of aryl methyl sites for hydroxylation is 1. The molecule has 0 aromatic heterocycles. The highest BCUT2D eigenvalue weighted by atomic mass is 35.6. The summed E-state index contributed by atoms with van der Waals surface area (Å²) in [6.07, 6.45) is 3.56. The van der Waals surface area contributed by atoms with Crippen LogP contribution in [-0.2, 0) is 6.42 Å². The van der Waals surface area contributed by atoms with Gasteiger partial charge in [0.25, 0.3) is 0 Å². The van der Waals surface area contributed by atoms with Gasteiger partial charge in [0.15, 0.2) is 0 Å². The molecular weight excluding hydrogens is 304 g/mol. The first-order valence-electron chi connectivity index (χ1n) is 8.24. The number of hydrogen-bond donors (Lipinski definition) is 0. The van der Waals surface area contributed by atoms with E-state index in [0.29, 0.717) is 0 Å². The summed E-state index contributed by atoms with van der Waals surface area (Å²) in [7, 11) is -2.33. The lowest BCUT2D eigenvalue weighted by Crippen LogP contribution is -2.60. The average Bonchev–Trinajstić information content (AvgIpc) is 2.52.